The molecular formula is C69H67ClO15. The minimum atomic E-state index is -1.14. The summed E-state index contributed by atoms with van der Waals surface area (Å²) in [6, 6.07) is 61.4. The standard InChI is InChI=1S/C27H24O6.C21H21ClO4.C21H22O5/c28-23-16-22(18-31-17-19-10-4-1-5-11-19)24(32-26(29)20-12-6-2-7-13-20)25(23)33-27(30)21-14-8-3-9-15-21;2*1-2-14-13-17(22)19(26-21(24)16-11-7-4-8-12-16)18(14)25-20(23)15-9-5-3-6-10-15/h1-16,23-25,28H,17-18H2;3-12,14,17-19H,2,13H2,1H3;3-12,14,17-19,22H,2,13H2,1H3/t23-,24?,25+;14-,17-,18-,19?;14-,17+,18?,19-/m011/s1. The Morgan fingerprint density at radius 3 is 1.07 bits per heavy atom. The first kappa shape index (κ1) is 62.3. The molecule has 0 aromatic heterocycles. The minimum Gasteiger partial charge on any atom is -0.454 e. The molecule has 0 spiro atoms. The van der Waals surface area contributed by atoms with Crippen LogP contribution in [0.25, 0.3) is 0 Å². The molecule has 0 bridgehead atoms. The van der Waals surface area contributed by atoms with Gasteiger partial charge in [0, 0.05) is 11.8 Å². The van der Waals surface area contributed by atoms with Gasteiger partial charge in [0.25, 0.3) is 0 Å². The number of rotatable bonds is 18. The van der Waals surface area contributed by atoms with E-state index in [1.54, 1.807) is 164 Å². The van der Waals surface area contributed by atoms with Gasteiger partial charge in [0.2, 0.25) is 0 Å². The lowest BCUT2D eigenvalue weighted by Gasteiger charge is -2.25. The van der Waals surface area contributed by atoms with Gasteiger partial charge in [0.1, 0.15) is 18.3 Å². The van der Waals surface area contributed by atoms with Gasteiger partial charge in [-0.3, -0.25) is 0 Å². The summed E-state index contributed by atoms with van der Waals surface area (Å²) >= 11 is 6.44. The summed E-state index contributed by atoms with van der Waals surface area (Å²) in [5.74, 6) is -3.11. The average Bonchev–Trinajstić information content (AvgIpc) is 3.42. The fraction of sp³-hybridized carbons (Fsp3) is 0.275. The summed E-state index contributed by atoms with van der Waals surface area (Å²) in [5, 5.41) is 20.6. The van der Waals surface area contributed by atoms with Crippen molar-refractivity contribution in [1.82, 2.24) is 0 Å². The van der Waals surface area contributed by atoms with E-state index in [9.17, 15) is 39.0 Å². The monoisotopic (exact) mass is 1170 g/mol. The van der Waals surface area contributed by atoms with E-state index in [2.05, 4.69) is 0 Å². The Morgan fingerprint density at radius 1 is 0.388 bits per heavy atom. The second kappa shape index (κ2) is 31.2. The van der Waals surface area contributed by atoms with Crippen LogP contribution in [0.1, 0.15) is 107 Å². The van der Waals surface area contributed by atoms with Crippen LogP contribution < -0.4 is 0 Å². The molecule has 7 aromatic rings. The molecule has 0 aliphatic heterocycles. The molecule has 2 saturated carbocycles. The molecule has 85 heavy (non-hydrogen) atoms. The number of hydrogen-bond donors (Lipinski definition) is 2. The first-order valence-corrected chi connectivity index (χ1v) is 28.6. The first-order valence-electron chi connectivity index (χ1n) is 28.2. The fourth-order valence-corrected chi connectivity index (χ4v) is 10.6. The highest BCUT2D eigenvalue weighted by molar-refractivity contribution is 6.21. The second-order valence-corrected chi connectivity index (χ2v) is 21.0. The molecule has 0 amide bonds. The van der Waals surface area contributed by atoms with E-state index >= 15 is 0 Å². The molecule has 15 nitrogen and oxygen atoms in total. The van der Waals surface area contributed by atoms with Crippen LogP contribution in [0.5, 0.6) is 0 Å². The van der Waals surface area contributed by atoms with E-state index in [1.807, 2.05) is 62.4 Å². The Kier molecular flexibility index (Phi) is 22.9. The summed E-state index contributed by atoms with van der Waals surface area (Å²) in [6.45, 7) is 4.43. The van der Waals surface area contributed by atoms with Crippen LogP contribution in [-0.2, 0) is 39.8 Å². The Hall–Kier alpha value is -8.73. The summed E-state index contributed by atoms with van der Waals surface area (Å²) in [4.78, 5) is 75.0. The predicted octanol–water partition coefficient (Wildman–Crippen LogP) is 11.7. The number of aliphatic hydroxyl groups is 2. The first-order chi connectivity index (χ1) is 41.3. The number of benzene rings is 7. The van der Waals surface area contributed by atoms with Crippen LogP contribution in [0.3, 0.4) is 0 Å². The smallest absolute Gasteiger partial charge is 0.338 e. The third kappa shape index (κ3) is 17.2. The van der Waals surface area contributed by atoms with E-state index < -0.39 is 84.6 Å². The Balaban J connectivity index is 0.000000168. The van der Waals surface area contributed by atoms with E-state index in [0.717, 1.165) is 12.0 Å². The maximum atomic E-state index is 12.7. The van der Waals surface area contributed by atoms with E-state index in [-0.39, 0.29) is 23.8 Å². The van der Waals surface area contributed by atoms with Crippen LogP contribution in [0.2, 0.25) is 0 Å². The molecule has 440 valence electrons. The Morgan fingerprint density at radius 2 is 0.694 bits per heavy atom. The summed E-state index contributed by atoms with van der Waals surface area (Å²) < 4.78 is 39.6. The number of ether oxygens (including phenoxy) is 7. The largest absolute Gasteiger partial charge is 0.454 e. The molecule has 3 aliphatic carbocycles. The lowest BCUT2D eigenvalue weighted by Crippen LogP contribution is -2.39. The quantitative estimate of drug-likeness (QED) is 0.0355. The lowest BCUT2D eigenvalue weighted by molar-refractivity contribution is -0.0600. The van der Waals surface area contributed by atoms with Gasteiger partial charge in [0.15, 0.2) is 24.4 Å². The van der Waals surface area contributed by atoms with Gasteiger partial charge in [0.05, 0.1) is 58.1 Å². The maximum Gasteiger partial charge on any atom is 0.338 e. The van der Waals surface area contributed by atoms with Crippen molar-refractivity contribution in [1.29, 1.82) is 0 Å². The normalized spacial score (nSPS) is 22.8. The van der Waals surface area contributed by atoms with Gasteiger partial charge in [-0.15, -0.1) is 11.6 Å². The zero-order valence-corrected chi connectivity index (χ0v) is 47.7. The predicted molar refractivity (Wildman–Crippen MR) is 317 cm³/mol. The van der Waals surface area contributed by atoms with Crippen LogP contribution in [0.15, 0.2) is 224 Å². The molecule has 2 N–H and O–H groups in total. The molecule has 0 heterocycles. The number of carbonyl (C=O) groups excluding carboxylic acids is 6. The van der Waals surface area contributed by atoms with Crippen molar-refractivity contribution >= 4 is 47.4 Å². The second-order valence-electron chi connectivity index (χ2n) is 20.5. The number of alkyl halides is 1. The van der Waals surface area contributed by atoms with Gasteiger partial charge in [-0.05, 0) is 116 Å². The maximum absolute atomic E-state index is 12.7. The van der Waals surface area contributed by atoms with Crippen molar-refractivity contribution in [2.24, 2.45) is 11.8 Å². The van der Waals surface area contributed by atoms with Crippen molar-refractivity contribution < 1.29 is 72.1 Å². The average molecular weight is 1170 g/mol. The number of hydrogen-bond acceptors (Lipinski definition) is 15. The summed E-state index contributed by atoms with van der Waals surface area (Å²) in [6.07, 6.45) is -2.73. The molecule has 16 heteroatoms. The van der Waals surface area contributed by atoms with Crippen LogP contribution in [-0.4, -0.2) is 107 Å². The topological polar surface area (TPSA) is 207 Å². The number of esters is 6. The van der Waals surface area contributed by atoms with Crippen molar-refractivity contribution in [2.45, 2.75) is 100 Å². The SMILES string of the molecule is CC[C@@H]1C[C@@H](Cl)C(OC(=O)c2ccccc2)[C@@H]1OC(=O)c1ccccc1.CC[C@@H]1C[C@H](O)[C@@H](OC(=O)c2ccccc2)C1OC(=O)c1ccccc1.O=C(OC1C(COCc2ccccc2)=C[C@H](O)[C@H]1OC(=O)c1ccccc1)c1ccccc1. The van der Waals surface area contributed by atoms with E-state index in [0.29, 0.717) is 64.8 Å². The molecule has 10 rings (SSSR count). The van der Waals surface area contributed by atoms with Crippen LogP contribution in [0.4, 0.5) is 0 Å². The van der Waals surface area contributed by atoms with Gasteiger partial charge in [-0.2, -0.15) is 0 Å². The van der Waals surface area contributed by atoms with Gasteiger partial charge < -0.3 is 43.4 Å². The fourth-order valence-electron chi connectivity index (χ4n) is 10.2. The summed E-state index contributed by atoms with van der Waals surface area (Å²) in [5.41, 5.74) is 3.96. The molecule has 0 saturated heterocycles. The van der Waals surface area contributed by atoms with Gasteiger partial charge >= 0.3 is 35.8 Å². The van der Waals surface area contributed by atoms with Gasteiger partial charge in [-0.1, -0.05) is 153 Å². The molecule has 11 atom stereocenters. The lowest BCUT2D eigenvalue weighted by atomic mass is 10.0. The minimum absolute atomic E-state index is 0.0544. The molecule has 0 radical (unpaired) electrons. The Bertz CT molecular complexity index is 3150. The molecule has 3 unspecified atom stereocenters. The molecule has 3 aliphatic rings. The van der Waals surface area contributed by atoms with Gasteiger partial charge in [-0.25, -0.2) is 28.8 Å². The molecule has 7 aromatic carbocycles. The van der Waals surface area contributed by atoms with Crippen molar-refractivity contribution in [3.63, 3.8) is 0 Å². The summed E-state index contributed by atoms with van der Waals surface area (Å²) in [7, 11) is 0. The zero-order valence-electron chi connectivity index (χ0n) is 47.0. The Labute approximate surface area is 499 Å². The van der Waals surface area contributed by atoms with E-state index in [1.165, 1.54) is 6.08 Å². The number of halogens is 1. The van der Waals surface area contributed by atoms with Crippen molar-refractivity contribution in [3.8, 4) is 0 Å². The van der Waals surface area contributed by atoms with Crippen molar-refractivity contribution in [3.05, 3.63) is 263 Å². The zero-order chi connectivity index (χ0) is 60.1. The number of aliphatic hydroxyl groups excluding tert-OH is 2. The van der Waals surface area contributed by atoms with Crippen LogP contribution in [0, 0.1) is 11.8 Å². The van der Waals surface area contributed by atoms with Crippen LogP contribution >= 0.6 is 11.6 Å². The van der Waals surface area contributed by atoms with Crippen molar-refractivity contribution in [2.75, 3.05) is 6.61 Å². The highest BCUT2D eigenvalue weighted by atomic mass is 35.5. The highest BCUT2D eigenvalue weighted by Gasteiger charge is 2.48. The molecule has 2 fully saturated rings. The highest BCUT2D eigenvalue weighted by Crippen LogP contribution is 2.38. The third-order valence-corrected chi connectivity index (χ3v) is 15.1. The van der Waals surface area contributed by atoms with E-state index in [4.69, 9.17) is 44.8 Å². The number of carbonyl (C=O) groups is 6. The molecular weight excluding hydrogens is 1100 g/mol. The third-order valence-electron chi connectivity index (χ3n) is 14.7.